The van der Waals surface area contributed by atoms with Gasteiger partial charge in [0.15, 0.2) is 5.84 Å². The average molecular weight is 482 g/mol. The Morgan fingerprint density at radius 2 is 1.94 bits per heavy atom. The van der Waals surface area contributed by atoms with E-state index in [0.29, 0.717) is 49.7 Å². The highest BCUT2D eigenvalue weighted by atomic mass is 32.2. The van der Waals surface area contributed by atoms with Crippen LogP contribution in [0.3, 0.4) is 0 Å². The predicted octanol–water partition coefficient (Wildman–Crippen LogP) is 2.63. The van der Waals surface area contributed by atoms with Gasteiger partial charge in [-0.1, -0.05) is 12.1 Å². The van der Waals surface area contributed by atoms with Crippen molar-refractivity contribution in [1.29, 1.82) is 0 Å². The molecule has 3 heterocycles. The van der Waals surface area contributed by atoms with Crippen LogP contribution in [0.5, 0.6) is 0 Å². The number of carbonyl (C=O) groups is 1. The van der Waals surface area contributed by atoms with Crippen LogP contribution in [0.15, 0.2) is 51.9 Å². The number of aromatic nitrogens is 1. The zero-order chi connectivity index (χ0) is 23.6. The molecule has 2 aromatic rings. The Labute approximate surface area is 189 Å². The normalized spacial score (nSPS) is 19.2. The number of benzene rings is 1. The first-order valence-electron chi connectivity index (χ1n) is 10.4. The SMILES string of the molecule is O=C(NCCCNc1ccc(C(F)(F)F)cn1)[C@@H]1CCCN1C1=NS(=O)(=O)c2ccccc21. The van der Waals surface area contributed by atoms with Gasteiger partial charge in [0, 0.05) is 31.4 Å². The summed E-state index contributed by atoms with van der Waals surface area (Å²) in [6.45, 7) is 1.28. The number of fused-ring (bicyclic) bond motifs is 1. The van der Waals surface area contributed by atoms with Gasteiger partial charge >= 0.3 is 6.18 Å². The van der Waals surface area contributed by atoms with Crippen molar-refractivity contribution in [3.05, 3.63) is 53.7 Å². The monoisotopic (exact) mass is 481 g/mol. The molecule has 8 nitrogen and oxygen atoms in total. The fourth-order valence-electron chi connectivity index (χ4n) is 3.89. The molecule has 2 N–H and O–H groups in total. The molecule has 1 aromatic carbocycles. The molecule has 1 saturated heterocycles. The number of carbonyl (C=O) groups excluding carboxylic acids is 1. The molecule has 0 unspecified atom stereocenters. The lowest BCUT2D eigenvalue weighted by atomic mass is 10.1. The number of amides is 1. The zero-order valence-corrected chi connectivity index (χ0v) is 18.3. The minimum absolute atomic E-state index is 0.147. The van der Waals surface area contributed by atoms with E-state index in [4.69, 9.17) is 0 Å². The minimum atomic E-state index is -4.43. The lowest BCUT2D eigenvalue weighted by Crippen LogP contribution is -2.46. The smallest absolute Gasteiger partial charge is 0.370 e. The van der Waals surface area contributed by atoms with E-state index < -0.39 is 27.8 Å². The van der Waals surface area contributed by atoms with E-state index in [2.05, 4.69) is 20.0 Å². The van der Waals surface area contributed by atoms with Crippen LogP contribution in [0.4, 0.5) is 19.0 Å². The van der Waals surface area contributed by atoms with E-state index in [9.17, 15) is 26.4 Å². The van der Waals surface area contributed by atoms with Crippen LogP contribution >= 0.6 is 0 Å². The molecule has 0 bridgehead atoms. The van der Waals surface area contributed by atoms with Crippen molar-refractivity contribution < 1.29 is 26.4 Å². The number of hydrogen-bond donors (Lipinski definition) is 2. The van der Waals surface area contributed by atoms with Gasteiger partial charge in [-0.3, -0.25) is 4.79 Å². The van der Waals surface area contributed by atoms with Crippen molar-refractivity contribution in [3.63, 3.8) is 0 Å². The molecule has 1 fully saturated rings. The van der Waals surface area contributed by atoms with Crippen LogP contribution in [-0.4, -0.2) is 55.7 Å². The highest BCUT2D eigenvalue weighted by Gasteiger charge is 2.39. The summed E-state index contributed by atoms with van der Waals surface area (Å²) in [7, 11) is -3.76. The lowest BCUT2D eigenvalue weighted by Gasteiger charge is -2.25. The third kappa shape index (κ3) is 4.95. The van der Waals surface area contributed by atoms with Crippen molar-refractivity contribution in [2.45, 2.75) is 36.4 Å². The quantitative estimate of drug-likeness (QED) is 0.615. The van der Waals surface area contributed by atoms with Gasteiger partial charge in [0.1, 0.15) is 16.8 Å². The fourth-order valence-corrected chi connectivity index (χ4v) is 5.11. The highest BCUT2D eigenvalue weighted by molar-refractivity contribution is 7.90. The Balaban J connectivity index is 1.29. The molecule has 0 radical (unpaired) electrons. The van der Waals surface area contributed by atoms with Gasteiger partial charge in [0.25, 0.3) is 10.0 Å². The first-order valence-corrected chi connectivity index (χ1v) is 11.9. The third-order valence-electron chi connectivity index (χ3n) is 5.49. The molecule has 2 aliphatic heterocycles. The van der Waals surface area contributed by atoms with Gasteiger partial charge in [-0.05, 0) is 43.5 Å². The van der Waals surface area contributed by atoms with Crippen LogP contribution in [-0.2, 0) is 21.0 Å². The summed E-state index contributed by atoms with van der Waals surface area (Å²) < 4.78 is 66.3. The number of pyridine rings is 1. The number of anilines is 1. The fraction of sp³-hybridized carbons (Fsp3) is 0.381. The average Bonchev–Trinajstić information content (AvgIpc) is 3.36. The Morgan fingerprint density at radius 3 is 2.67 bits per heavy atom. The maximum atomic E-state index is 12.8. The molecule has 12 heteroatoms. The summed E-state index contributed by atoms with van der Waals surface area (Å²) >= 11 is 0. The molecular weight excluding hydrogens is 459 g/mol. The number of alkyl halides is 3. The van der Waals surface area contributed by atoms with Crippen LogP contribution in [0.2, 0.25) is 0 Å². The lowest BCUT2D eigenvalue weighted by molar-refractivity contribution is -0.137. The largest absolute Gasteiger partial charge is 0.417 e. The first-order chi connectivity index (χ1) is 15.7. The first kappa shape index (κ1) is 23.0. The number of hydrogen-bond acceptors (Lipinski definition) is 6. The van der Waals surface area contributed by atoms with Crippen molar-refractivity contribution >= 4 is 27.6 Å². The van der Waals surface area contributed by atoms with E-state index in [1.807, 2.05) is 0 Å². The van der Waals surface area contributed by atoms with Gasteiger partial charge in [0.05, 0.1) is 5.56 Å². The summed E-state index contributed by atoms with van der Waals surface area (Å²) in [4.78, 5) is 18.4. The molecule has 1 aromatic heterocycles. The van der Waals surface area contributed by atoms with Gasteiger partial charge in [-0.25, -0.2) is 4.98 Å². The standard InChI is InChI=1S/C21H22F3N5O3S/c22-21(23,24)14-8-9-18(27-13-14)25-10-4-11-26-20(30)16-6-3-12-29(16)19-15-5-1-2-7-17(15)33(31,32)28-19/h1-2,5,7-9,13,16H,3-4,6,10-12H2,(H,25,27)(H,26,30)/t16-/m0/s1. The Morgan fingerprint density at radius 1 is 1.15 bits per heavy atom. The van der Waals surface area contributed by atoms with Crippen molar-refractivity contribution in [3.8, 4) is 0 Å². The van der Waals surface area contributed by atoms with E-state index in [0.717, 1.165) is 18.7 Å². The van der Waals surface area contributed by atoms with E-state index >= 15 is 0 Å². The molecule has 1 atom stereocenters. The Bertz CT molecular complexity index is 1170. The molecule has 0 spiro atoms. The number of nitrogens with one attached hydrogen (secondary N) is 2. The minimum Gasteiger partial charge on any atom is -0.370 e. The molecule has 2 aliphatic rings. The van der Waals surface area contributed by atoms with Crippen LogP contribution in [0.25, 0.3) is 0 Å². The van der Waals surface area contributed by atoms with Crippen molar-refractivity contribution in [1.82, 2.24) is 15.2 Å². The third-order valence-corrected chi connectivity index (χ3v) is 6.81. The van der Waals surface area contributed by atoms with E-state index in [1.165, 1.54) is 12.1 Å². The van der Waals surface area contributed by atoms with Gasteiger partial charge in [0.2, 0.25) is 5.91 Å². The zero-order valence-electron chi connectivity index (χ0n) is 17.5. The maximum absolute atomic E-state index is 12.8. The molecule has 0 aliphatic carbocycles. The molecule has 1 amide bonds. The number of sulfonamides is 1. The predicted molar refractivity (Wildman–Crippen MR) is 115 cm³/mol. The summed E-state index contributed by atoms with van der Waals surface area (Å²) in [5.74, 6) is 0.401. The number of nitrogens with zero attached hydrogens (tertiary/aromatic N) is 3. The van der Waals surface area contributed by atoms with Gasteiger partial charge in [-0.2, -0.15) is 21.6 Å². The number of likely N-dealkylation sites (tertiary alicyclic amines) is 1. The van der Waals surface area contributed by atoms with E-state index in [1.54, 1.807) is 23.1 Å². The number of rotatable bonds is 6. The van der Waals surface area contributed by atoms with Gasteiger partial charge < -0.3 is 15.5 Å². The van der Waals surface area contributed by atoms with Gasteiger partial charge in [-0.15, -0.1) is 4.40 Å². The summed E-state index contributed by atoms with van der Waals surface area (Å²) in [5, 5.41) is 5.76. The van der Waals surface area contributed by atoms with Crippen molar-refractivity contribution in [2.75, 3.05) is 25.0 Å². The Hall–Kier alpha value is -3.15. The molecule has 4 rings (SSSR count). The summed E-state index contributed by atoms with van der Waals surface area (Å²) in [5.41, 5.74) is -0.311. The second-order valence-electron chi connectivity index (χ2n) is 7.74. The molecule has 33 heavy (non-hydrogen) atoms. The maximum Gasteiger partial charge on any atom is 0.417 e. The number of halogens is 3. The van der Waals surface area contributed by atoms with Crippen LogP contribution in [0, 0.1) is 0 Å². The van der Waals surface area contributed by atoms with E-state index in [-0.39, 0.29) is 10.8 Å². The highest BCUT2D eigenvalue weighted by Crippen LogP contribution is 2.31. The van der Waals surface area contributed by atoms with Crippen molar-refractivity contribution in [2.24, 2.45) is 4.40 Å². The summed E-state index contributed by atoms with van der Waals surface area (Å²) in [6.07, 6.45) is -1.82. The second kappa shape index (κ2) is 9.00. The molecule has 176 valence electrons. The molecule has 0 saturated carbocycles. The second-order valence-corrected chi connectivity index (χ2v) is 9.31. The Kier molecular flexibility index (Phi) is 6.28. The molecular formula is C21H22F3N5O3S. The van der Waals surface area contributed by atoms with Crippen LogP contribution < -0.4 is 10.6 Å². The topological polar surface area (TPSA) is 104 Å². The summed E-state index contributed by atoms with van der Waals surface area (Å²) in [6, 6.07) is 8.25. The number of amidine groups is 1. The van der Waals surface area contributed by atoms with Crippen LogP contribution in [0.1, 0.15) is 30.4 Å².